The number of alkyl halides is 3. The van der Waals surface area contributed by atoms with E-state index in [1.165, 1.54) is 11.8 Å². The number of anilines is 2. The fourth-order valence-electron chi connectivity index (χ4n) is 6.53. The van der Waals surface area contributed by atoms with Crippen molar-refractivity contribution in [3.63, 3.8) is 0 Å². The molecule has 4 heterocycles. The number of aromatic nitrogens is 2. The van der Waals surface area contributed by atoms with Gasteiger partial charge in [-0.1, -0.05) is 23.4 Å². The Morgan fingerprint density at radius 3 is 2.46 bits per heavy atom. The summed E-state index contributed by atoms with van der Waals surface area (Å²) in [6, 6.07) is 6.61. The molecule has 3 aliphatic heterocycles. The Labute approximate surface area is 287 Å². The van der Waals surface area contributed by atoms with Gasteiger partial charge in [-0.05, 0) is 62.1 Å². The lowest BCUT2D eigenvalue weighted by molar-refractivity contribution is -0.138. The Hall–Kier alpha value is -5.36. The predicted octanol–water partition coefficient (Wildman–Crippen LogP) is 3.97. The van der Waals surface area contributed by atoms with Crippen LogP contribution in [0.4, 0.5) is 24.5 Å². The van der Waals surface area contributed by atoms with Crippen LogP contribution in [0.5, 0.6) is 5.88 Å². The molecule has 258 valence electrons. The van der Waals surface area contributed by atoms with Crippen molar-refractivity contribution in [1.29, 1.82) is 0 Å². The van der Waals surface area contributed by atoms with E-state index in [2.05, 4.69) is 27.6 Å². The number of carbonyl (C=O) groups is 5. The Morgan fingerprint density at radius 1 is 1.08 bits per heavy atom. The van der Waals surface area contributed by atoms with E-state index in [1.54, 1.807) is 24.4 Å². The van der Waals surface area contributed by atoms with Gasteiger partial charge in [-0.25, -0.2) is 0 Å². The summed E-state index contributed by atoms with van der Waals surface area (Å²) in [5.74, 6) is 3.70. The van der Waals surface area contributed by atoms with Gasteiger partial charge < -0.3 is 15.0 Å². The van der Waals surface area contributed by atoms with Crippen LogP contribution >= 0.6 is 11.6 Å². The zero-order valence-electron chi connectivity index (χ0n) is 26.4. The van der Waals surface area contributed by atoms with Gasteiger partial charge in [-0.15, -0.1) is 5.10 Å². The van der Waals surface area contributed by atoms with Crippen LogP contribution in [0.2, 0.25) is 5.02 Å². The number of imide groups is 2. The molecular weight excluding hydrogens is 681 g/mol. The molecule has 7 rings (SSSR count). The maximum Gasteiger partial charge on any atom is 0.416 e. The maximum atomic E-state index is 13.5. The fraction of sp³-hybridized carbons (Fsp3) is 0.353. The van der Waals surface area contributed by atoms with Crippen LogP contribution in [0.15, 0.2) is 42.6 Å². The smallest absolute Gasteiger partial charge is 0.416 e. The molecule has 4 aliphatic rings. The fourth-order valence-corrected chi connectivity index (χ4v) is 6.76. The molecule has 5 amide bonds. The molecule has 50 heavy (non-hydrogen) atoms. The molecule has 12 nitrogen and oxygen atoms in total. The van der Waals surface area contributed by atoms with Gasteiger partial charge in [-0.2, -0.15) is 13.2 Å². The Kier molecular flexibility index (Phi) is 8.09. The highest BCUT2D eigenvalue weighted by Gasteiger charge is 2.48. The molecule has 3 aromatic rings. The molecule has 2 saturated heterocycles. The second kappa shape index (κ2) is 12.2. The molecule has 1 aliphatic carbocycles. The number of piperidine rings is 1. The number of hydrogen-bond acceptors (Lipinski definition) is 8. The zero-order valence-corrected chi connectivity index (χ0v) is 27.2. The summed E-state index contributed by atoms with van der Waals surface area (Å²) in [5.41, 5.74) is -0.422. The van der Waals surface area contributed by atoms with E-state index in [0.29, 0.717) is 37.2 Å². The first kappa shape index (κ1) is 33.2. The number of fused-ring (bicyclic) bond motifs is 1. The van der Waals surface area contributed by atoms with Gasteiger partial charge in [0, 0.05) is 31.4 Å². The minimum absolute atomic E-state index is 0.0370. The highest BCUT2D eigenvalue weighted by Crippen LogP contribution is 2.42. The third kappa shape index (κ3) is 5.63. The van der Waals surface area contributed by atoms with E-state index in [4.69, 9.17) is 16.3 Å². The van der Waals surface area contributed by atoms with Gasteiger partial charge in [0.1, 0.15) is 17.1 Å². The number of ether oxygens (including phenoxy) is 1. The van der Waals surface area contributed by atoms with Crippen LogP contribution in [0, 0.1) is 17.8 Å². The Bertz CT molecular complexity index is 2040. The average molecular weight is 709 g/mol. The van der Waals surface area contributed by atoms with E-state index in [9.17, 15) is 37.1 Å². The number of nitrogens with zero attached hydrogens (tertiary/aromatic N) is 4. The van der Waals surface area contributed by atoms with Gasteiger partial charge in [0.25, 0.3) is 17.7 Å². The number of halogens is 4. The van der Waals surface area contributed by atoms with Crippen molar-refractivity contribution in [3.05, 3.63) is 69.9 Å². The molecule has 0 spiro atoms. The molecule has 1 saturated carbocycles. The SMILES string of the molecule is COc1nn(C2(C(=O)Nc3ccc(C(F)(F)F)cc3Cl)CCC2)cc1C#CC1CN(c2ccc3c(c2)C(=O)N(C2CCC(=O)NC2=O)C3=O)C1. The lowest BCUT2D eigenvalue weighted by Crippen LogP contribution is -2.54. The Morgan fingerprint density at radius 2 is 1.82 bits per heavy atom. The van der Waals surface area contributed by atoms with E-state index in [0.717, 1.165) is 29.5 Å². The molecule has 1 aromatic heterocycles. The number of benzene rings is 2. The number of hydrogen-bond donors (Lipinski definition) is 2. The second-order valence-electron chi connectivity index (χ2n) is 12.6. The first-order valence-corrected chi connectivity index (χ1v) is 16.1. The minimum atomic E-state index is -4.57. The Balaban J connectivity index is 1.02. The molecule has 16 heteroatoms. The van der Waals surface area contributed by atoms with Crippen LogP contribution in [-0.4, -0.2) is 70.5 Å². The van der Waals surface area contributed by atoms with Crippen molar-refractivity contribution in [3.8, 4) is 17.7 Å². The average Bonchev–Trinajstić information content (AvgIpc) is 3.54. The summed E-state index contributed by atoms with van der Waals surface area (Å²) in [7, 11) is 1.43. The highest BCUT2D eigenvalue weighted by atomic mass is 35.5. The van der Waals surface area contributed by atoms with Gasteiger partial charge >= 0.3 is 6.18 Å². The number of carbonyl (C=O) groups excluding carboxylic acids is 5. The summed E-state index contributed by atoms with van der Waals surface area (Å²) in [4.78, 5) is 66.5. The normalized spacial score (nSPS) is 20.0. The van der Waals surface area contributed by atoms with Crippen LogP contribution in [-0.2, 0) is 26.1 Å². The summed E-state index contributed by atoms with van der Waals surface area (Å²) < 4.78 is 46.2. The van der Waals surface area contributed by atoms with Gasteiger partial charge in [0.15, 0.2) is 0 Å². The molecule has 3 fully saturated rings. The van der Waals surface area contributed by atoms with Crippen molar-refractivity contribution in [2.24, 2.45) is 5.92 Å². The molecule has 0 radical (unpaired) electrons. The molecule has 1 atom stereocenters. The summed E-state index contributed by atoms with van der Waals surface area (Å²) in [6.07, 6.45) is -1.24. The summed E-state index contributed by atoms with van der Waals surface area (Å²) in [6.45, 7) is 1.06. The zero-order chi connectivity index (χ0) is 35.5. The van der Waals surface area contributed by atoms with Crippen molar-refractivity contribution < 1.29 is 41.9 Å². The number of amides is 5. The molecule has 2 N–H and O–H groups in total. The van der Waals surface area contributed by atoms with Crippen LogP contribution in [0.3, 0.4) is 0 Å². The maximum absolute atomic E-state index is 13.5. The third-order valence-electron chi connectivity index (χ3n) is 9.54. The number of nitrogens with one attached hydrogen (secondary N) is 2. The first-order valence-electron chi connectivity index (χ1n) is 15.7. The summed E-state index contributed by atoms with van der Waals surface area (Å²) >= 11 is 6.08. The quantitative estimate of drug-likeness (QED) is 0.290. The van der Waals surface area contributed by atoms with Crippen LogP contribution in [0.1, 0.15) is 63.9 Å². The monoisotopic (exact) mass is 708 g/mol. The number of methoxy groups -OCH3 is 1. The van der Waals surface area contributed by atoms with Crippen molar-refractivity contribution >= 4 is 52.5 Å². The van der Waals surface area contributed by atoms with Gasteiger partial charge in [0.05, 0.1) is 40.4 Å². The molecule has 1 unspecified atom stereocenters. The summed E-state index contributed by atoms with van der Waals surface area (Å²) in [5, 5.41) is 9.07. The van der Waals surface area contributed by atoms with Crippen molar-refractivity contribution in [2.45, 2.75) is 49.9 Å². The van der Waals surface area contributed by atoms with E-state index >= 15 is 0 Å². The standard InChI is InChI=1S/C34H28ClF3N6O6/c1-50-29-19(17-43(41-29)33(11-2-12-33)32(49)39-25-8-5-20(13-24(25)35)34(36,37)38)4-3-18-15-42(16-18)21-6-7-22-23(14-21)31(48)44(30(22)47)26-9-10-27(45)40-28(26)46/h5-8,13-14,17-18,26H,2,9-12,15-16H2,1H3,(H,39,49)(H,40,45,46). The lowest BCUT2D eigenvalue weighted by atomic mass is 9.76. The first-order chi connectivity index (χ1) is 23.8. The number of rotatable bonds is 6. The van der Waals surface area contributed by atoms with E-state index in [1.807, 2.05) is 4.90 Å². The van der Waals surface area contributed by atoms with Gasteiger partial charge in [-0.3, -0.25) is 38.9 Å². The van der Waals surface area contributed by atoms with E-state index in [-0.39, 0.29) is 46.5 Å². The van der Waals surface area contributed by atoms with Crippen LogP contribution in [0.25, 0.3) is 0 Å². The topological polar surface area (TPSA) is 143 Å². The second-order valence-corrected chi connectivity index (χ2v) is 13.0. The van der Waals surface area contributed by atoms with Crippen molar-refractivity contribution in [1.82, 2.24) is 20.0 Å². The molecule has 0 bridgehead atoms. The largest absolute Gasteiger partial charge is 0.479 e. The van der Waals surface area contributed by atoms with E-state index < -0.39 is 52.9 Å². The molecule has 2 aromatic carbocycles. The molecular formula is C34H28ClF3N6O6. The van der Waals surface area contributed by atoms with Crippen LogP contribution < -0.4 is 20.3 Å². The third-order valence-corrected chi connectivity index (χ3v) is 9.85. The van der Waals surface area contributed by atoms with Crippen molar-refractivity contribution in [2.75, 3.05) is 30.4 Å². The predicted molar refractivity (Wildman–Crippen MR) is 171 cm³/mol. The minimum Gasteiger partial charge on any atom is -0.479 e. The highest BCUT2D eigenvalue weighted by molar-refractivity contribution is 6.33. The van der Waals surface area contributed by atoms with Gasteiger partial charge in [0.2, 0.25) is 17.7 Å². The lowest BCUT2D eigenvalue weighted by Gasteiger charge is -2.40.